The average Bonchev–Trinajstić information content (AvgIpc) is 3.19. The number of ether oxygens (including phenoxy) is 1. The van der Waals surface area contributed by atoms with Gasteiger partial charge in [0.2, 0.25) is 0 Å². The molecule has 3 aromatic rings. The Hall–Kier alpha value is -2.65. The summed E-state index contributed by atoms with van der Waals surface area (Å²) in [6, 6.07) is 14.3. The molecule has 0 saturated heterocycles. The third-order valence-corrected chi connectivity index (χ3v) is 6.09. The monoisotopic (exact) mass is 502 g/mol. The molecule has 0 spiro atoms. The Morgan fingerprint density at radius 3 is 2.39 bits per heavy atom. The van der Waals surface area contributed by atoms with E-state index in [2.05, 4.69) is 31.4 Å². The molecule has 0 saturated carbocycles. The number of ketones is 1. The van der Waals surface area contributed by atoms with Gasteiger partial charge in [-0.15, -0.1) is 10.2 Å². The van der Waals surface area contributed by atoms with E-state index in [0.717, 1.165) is 10.3 Å². The smallest absolute Gasteiger partial charge is 0.251 e. The Balaban J connectivity index is 1.53. The maximum absolute atomic E-state index is 12.4. The number of rotatable bonds is 10. The lowest BCUT2D eigenvalue weighted by Gasteiger charge is -2.08. The van der Waals surface area contributed by atoms with Gasteiger partial charge < -0.3 is 14.6 Å². The minimum atomic E-state index is -0.153. The van der Waals surface area contributed by atoms with Crippen LogP contribution in [0.2, 0.25) is 0 Å². The van der Waals surface area contributed by atoms with Crippen LogP contribution in [-0.2, 0) is 13.0 Å². The van der Waals surface area contributed by atoms with Crippen LogP contribution in [0, 0.1) is 0 Å². The lowest BCUT2D eigenvalue weighted by atomic mass is 10.2. The summed E-state index contributed by atoms with van der Waals surface area (Å²) in [6.45, 7) is 3.12. The van der Waals surface area contributed by atoms with Crippen LogP contribution in [-0.4, -0.2) is 45.9 Å². The van der Waals surface area contributed by atoms with Gasteiger partial charge in [-0.1, -0.05) is 39.8 Å². The number of nitrogens with one attached hydrogen (secondary N) is 1. The Morgan fingerprint density at radius 1 is 1.06 bits per heavy atom. The number of nitrogens with zero attached hydrogens (tertiary/aromatic N) is 3. The summed E-state index contributed by atoms with van der Waals surface area (Å²) in [4.78, 5) is 24.7. The summed E-state index contributed by atoms with van der Waals surface area (Å²) < 4.78 is 8.01. The molecule has 1 amide bonds. The number of hydrogen-bond acceptors (Lipinski definition) is 6. The molecule has 3 rings (SSSR count). The highest BCUT2D eigenvalue weighted by Crippen LogP contribution is 2.20. The van der Waals surface area contributed by atoms with Crippen molar-refractivity contribution in [2.75, 3.05) is 19.4 Å². The van der Waals surface area contributed by atoms with E-state index in [4.69, 9.17) is 4.74 Å². The molecule has 31 heavy (non-hydrogen) atoms. The van der Waals surface area contributed by atoms with Crippen LogP contribution in [0.3, 0.4) is 0 Å². The molecule has 0 bridgehead atoms. The first-order valence-corrected chi connectivity index (χ1v) is 11.6. The SMILES string of the molecule is CCn1c(CCNC(=O)c2ccc(OC)cc2)nnc1SCC(=O)c1ccc(Br)cc1. The normalized spacial score (nSPS) is 10.7. The average molecular weight is 503 g/mol. The molecule has 0 unspecified atom stereocenters. The largest absolute Gasteiger partial charge is 0.497 e. The van der Waals surface area contributed by atoms with E-state index >= 15 is 0 Å². The van der Waals surface area contributed by atoms with Gasteiger partial charge in [-0.3, -0.25) is 9.59 Å². The number of carbonyl (C=O) groups excluding carboxylic acids is 2. The molecule has 1 aromatic heterocycles. The molecule has 1 N–H and O–H groups in total. The fourth-order valence-corrected chi connectivity index (χ4v) is 4.09. The predicted molar refractivity (Wildman–Crippen MR) is 124 cm³/mol. The third-order valence-electron chi connectivity index (χ3n) is 4.59. The second-order valence-electron chi connectivity index (χ2n) is 6.60. The lowest BCUT2D eigenvalue weighted by molar-refractivity contribution is 0.0952. The fraction of sp³-hybridized carbons (Fsp3) is 0.273. The first kappa shape index (κ1) is 23.0. The maximum atomic E-state index is 12.4. The van der Waals surface area contributed by atoms with E-state index in [9.17, 15) is 9.59 Å². The first-order chi connectivity index (χ1) is 15.0. The Bertz CT molecular complexity index is 1040. The molecule has 0 aliphatic carbocycles. The predicted octanol–water partition coefficient (Wildman–Crippen LogP) is 4.02. The topological polar surface area (TPSA) is 86.1 Å². The van der Waals surface area contributed by atoms with E-state index in [0.29, 0.717) is 41.5 Å². The van der Waals surface area contributed by atoms with Gasteiger partial charge in [0.1, 0.15) is 11.6 Å². The van der Waals surface area contributed by atoms with Gasteiger partial charge >= 0.3 is 0 Å². The molecular weight excluding hydrogens is 480 g/mol. The Morgan fingerprint density at radius 2 is 1.74 bits per heavy atom. The van der Waals surface area contributed by atoms with E-state index < -0.39 is 0 Å². The number of amides is 1. The van der Waals surface area contributed by atoms with Gasteiger partial charge in [0.15, 0.2) is 10.9 Å². The summed E-state index contributed by atoms with van der Waals surface area (Å²) in [7, 11) is 1.59. The van der Waals surface area contributed by atoms with Crippen molar-refractivity contribution < 1.29 is 14.3 Å². The van der Waals surface area contributed by atoms with Crippen LogP contribution >= 0.6 is 27.7 Å². The lowest BCUT2D eigenvalue weighted by Crippen LogP contribution is -2.26. The van der Waals surface area contributed by atoms with Crippen LogP contribution < -0.4 is 10.1 Å². The van der Waals surface area contributed by atoms with Crippen molar-refractivity contribution in [3.63, 3.8) is 0 Å². The molecule has 0 fully saturated rings. The standard InChI is InChI=1S/C22H23BrN4O3S/c1-3-27-20(12-13-24-21(29)16-6-10-18(30-2)11-7-16)25-26-22(27)31-14-19(28)15-4-8-17(23)9-5-15/h4-11H,3,12-14H2,1-2H3,(H,24,29). The number of thioether (sulfide) groups is 1. The highest BCUT2D eigenvalue weighted by Gasteiger charge is 2.14. The van der Waals surface area contributed by atoms with Gasteiger partial charge in [0.25, 0.3) is 5.91 Å². The second-order valence-corrected chi connectivity index (χ2v) is 8.45. The molecule has 0 atom stereocenters. The van der Waals surface area contributed by atoms with Crippen molar-refractivity contribution in [1.29, 1.82) is 0 Å². The molecular formula is C22H23BrN4O3S. The van der Waals surface area contributed by atoms with Crippen molar-refractivity contribution >= 4 is 39.4 Å². The highest BCUT2D eigenvalue weighted by atomic mass is 79.9. The number of benzene rings is 2. The highest BCUT2D eigenvalue weighted by molar-refractivity contribution is 9.10. The van der Waals surface area contributed by atoms with Gasteiger partial charge in [0.05, 0.1) is 12.9 Å². The minimum Gasteiger partial charge on any atom is -0.497 e. The Kier molecular flexibility index (Phi) is 8.25. The molecule has 162 valence electrons. The van der Waals surface area contributed by atoms with Crippen LogP contribution in [0.25, 0.3) is 0 Å². The number of aromatic nitrogens is 3. The summed E-state index contributed by atoms with van der Waals surface area (Å²) >= 11 is 4.74. The van der Waals surface area contributed by atoms with E-state index in [1.807, 2.05) is 23.6 Å². The van der Waals surface area contributed by atoms with E-state index in [1.165, 1.54) is 11.8 Å². The summed E-state index contributed by atoms with van der Waals surface area (Å²) in [5.74, 6) is 1.65. The molecule has 9 heteroatoms. The van der Waals surface area contributed by atoms with Crippen LogP contribution in [0.1, 0.15) is 33.5 Å². The van der Waals surface area contributed by atoms with Crippen molar-refractivity contribution in [3.8, 4) is 5.75 Å². The molecule has 0 aliphatic heterocycles. The van der Waals surface area contributed by atoms with Gasteiger partial charge in [-0.05, 0) is 43.3 Å². The number of carbonyl (C=O) groups is 2. The van der Waals surface area contributed by atoms with Crippen molar-refractivity contribution in [1.82, 2.24) is 20.1 Å². The van der Waals surface area contributed by atoms with Gasteiger partial charge in [-0.25, -0.2) is 0 Å². The molecule has 0 aliphatic rings. The van der Waals surface area contributed by atoms with Crippen molar-refractivity contribution in [3.05, 3.63) is 70.0 Å². The van der Waals surface area contributed by atoms with Crippen molar-refractivity contribution in [2.45, 2.75) is 25.0 Å². The van der Waals surface area contributed by atoms with Crippen LogP contribution in [0.15, 0.2) is 58.2 Å². The zero-order valence-corrected chi connectivity index (χ0v) is 19.7. The summed E-state index contributed by atoms with van der Waals surface area (Å²) in [6.07, 6.45) is 0.546. The quantitative estimate of drug-likeness (QED) is 0.332. The second kappa shape index (κ2) is 11.1. The summed E-state index contributed by atoms with van der Waals surface area (Å²) in [5.41, 5.74) is 1.24. The van der Waals surface area contributed by atoms with Crippen LogP contribution in [0.5, 0.6) is 5.75 Å². The van der Waals surface area contributed by atoms with Gasteiger partial charge in [-0.2, -0.15) is 0 Å². The van der Waals surface area contributed by atoms with Crippen LogP contribution in [0.4, 0.5) is 0 Å². The maximum Gasteiger partial charge on any atom is 0.251 e. The number of halogens is 1. The number of methoxy groups -OCH3 is 1. The molecule has 7 nitrogen and oxygen atoms in total. The van der Waals surface area contributed by atoms with E-state index in [1.54, 1.807) is 43.5 Å². The number of hydrogen-bond donors (Lipinski definition) is 1. The minimum absolute atomic E-state index is 0.0384. The molecule has 0 radical (unpaired) electrons. The zero-order chi connectivity index (χ0) is 22.2. The zero-order valence-electron chi connectivity index (χ0n) is 17.3. The van der Waals surface area contributed by atoms with Crippen molar-refractivity contribution in [2.24, 2.45) is 0 Å². The van der Waals surface area contributed by atoms with E-state index in [-0.39, 0.29) is 17.4 Å². The Labute approximate surface area is 193 Å². The first-order valence-electron chi connectivity index (χ1n) is 9.77. The molecule has 2 aromatic carbocycles. The number of Topliss-reactive ketones (excluding diaryl/α,β-unsaturated/α-hetero) is 1. The molecule has 1 heterocycles. The third kappa shape index (κ3) is 6.18. The summed E-state index contributed by atoms with van der Waals surface area (Å²) in [5, 5.41) is 12.1. The fourth-order valence-electron chi connectivity index (χ4n) is 2.91. The van der Waals surface area contributed by atoms with Gasteiger partial charge in [0, 0.05) is 35.1 Å².